The van der Waals surface area contributed by atoms with Gasteiger partial charge in [-0.15, -0.1) is 11.3 Å². The molecule has 3 atom stereocenters. The minimum Gasteiger partial charge on any atom is -0.478 e. The molecule has 8 heteroatoms. The predicted molar refractivity (Wildman–Crippen MR) is 153 cm³/mol. The Morgan fingerprint density at radius 1 is 1.18 bits per heavy atom. The molecule has 2 aliphatic carbocycles. The fourth-order valence-electron chi connectivity index (χ4n) is 5.60. The Bertz CT molecular complexity index is 1440. The number of thiazole rings is 1. The number of rotatable bonds is 8. The summed E-state index contributed by atoms with van der Waals surface area (Å²) < 4.78 is 0. The van der Waals surface area contributed by atoms with Crippen LogP contribution < -0.4 is 5.32 Å². The average Bonchev–Trinajstić information content (AvgIpc) is 3.28. The molecule has 2 N–H and O–H groups in total. The fraction of sp³-hybridized carbons (Fsp3) is 0.300. The lowest BCUT2D eigenvalue weighted by Gasteiger charge is -2.31. The van der Waals surface area contributed by atoms with Gasteiger partial charge in [-0.2, -0.15) is 0 Å². The first-order valence-corrected chi connectivity index (χ1v) is 14.0. The van der Waals surface area contributed by atoms with Crippen molar-refractivity contribution >= 4 is 46.1 Å². The van der Waals surface area contributed by atoms with Crippen LogP contribution in [0.25, 0.3) is 5.57 Å². The van der Waals surface area contributed by atoms with Crippen molar-refractivity contribution < 1.29 is 14.7 Å². The third-order valence-corrected chi connectivity index (χ3v) is 8.32. The zero-order valence-electron chi connectivity index (χ0n) is 21.7. The molecule has 0 aliphatic heterocycles. The number of amides is 1. The molecular weight excluding hydrogens is 518 g/mol. The highest BCUT2D eigenvalue weighted by Gasteiger charge is 2.53. The largest absolute Gasteiger partial charge is 0.478 e. The van der Waals surface area contributed by atoms with Crippen LogP contribution in [0.4, 0.5) is 5.69 Å². The SMILES string of the molecule is Cc1cc(Cl)ccc1C1C(C)C1N(C1=C(C(=O)O)CC(c2ccc(NC(=O)c3cscn3)cc2)=C1)C(C)C. The van der Waals surface area contributed by atoms with E-state index in [2.05, 4.69) is 49.0 Å². The van der Waals surface area contributed by atoms with Gasteiger partial charge in [-0.25, -0.2) is 9.78 Å². The van der Waals surface area contributed by atoms with Crippen LogP contribution in [0.5, 0.6) is 0 Å². The molecule has 3 unspecified atom stereocenters. The molecule has 0 radical (unpaired) electrons. The van der Waals surface area contributed by atoms with Gasteiger partial charge < -0.3 is 15.3 Å². The van der Waals surface area contributed by atoms with Gasteiger partial charge in [-0.3, -0.25) is 4.79 Å². The smallest absolute Gasteiger partial charge is 0.334 e. The molecule has 1 saturated carbocycles. The van der Waals surface area contributed by atoms with Crippen LogP contribution in [0, 0.1) is 12.8 Å². The second-order valence-electron chi connectivity index (χ2n) is 10.3. The first kappa shape index (κ1) is 26.2. The first-order chi connectivity index (χ1) is 18.2. The molecular formula is C30H30ClN3O3S. The highest BCUT2D eigenvalue weighted by atomic mass is 35.5. The molecule has 6 nitrogen and oxygen atoms in total. The molecule has 196 valence electrons. The normalized spacial score (nSPS) is 20.5. The van der Waals surface area contributed by atoms with Crippen molar-refractivity contribution in [3.8, 4) is 0 Å². The standard InChI is InChI=1S/C30H30ClN3O3S/c1-16(2)34(28-18(4)27(28)23-10-7-21(31)11-17(23)3)26-13-20(12-24(26)30(36)37)19-5-8-22(9-6-19)33-29(35)25-14-38-15-32-25/h5-11,13-16,18,27-28H,12H2,1-4H3,(H,33,35)(H,36,37). The number of carbonyl (C=O) groups excluding carboxylic acids is 1. The van der Waals surface area contributed by atoms with Gasteiger partial charge in [0.15, 0.2) is 0 Å². The molecule has 0 bridgehead atoms. The maximum Gasteiger partial charge on any atom is 0.334 e. The van der Waals surface area contributed by atoms with E-state index in [0.29, 0.717) is 35.2 Å². The summed E-state index contributed by atoms with van der Waals surface area (Å²) in [5, 5.41) is 15.4. The molecule has 1 heterocycles. The maximum absolute atomic E-state index is 12.4. The summed E-state index contributed by atoms with van der Waals surface area (Å²) in [6.07, 6.45) is 2.38. The molecule has 1 aromatic heterocycles. The van der Waals surface area contributed by atoms with Crippen LogP contribution in [0.2, 0.25) is 5.02 Å². The van der Waals surface area contributed by atoms with Gasteiger partial charge in [-0.05, 0) is 79.3 Å². The lowest BCUT2D eigenvalue weighted by Crippen LogP contribution is -2.34. The highest BCUT2D eigenvalue weighted by molar-refractivity contribution is 7.07. The number of nitrogens with zero attached hydrogens (tertiary/aromatic N) is 2. The van der Waals surface area contributed by atoms with Crippen LogP contribution in [0.3, 0.4) is 0 Å². The van der Waals surface area contributed by atoms with Crippen molar-refractivity contribution in [1.29, 1.82) is 0 Å². The molecule has 2 aliphatic rings. The Labute approximate surface area is 231 Å². The minimum absolute atomic E-state index is 0.128. The van der Waals surface area contributed by atoms with Gasteiger partial charge >= 0.3 is 5.97 Å². The fourth-order valence-corrected chi connectivity index (χ4v) is 6.36. The molecule has 0 saturated heterocycles. The number of halogens is 1. The number of hydrogen-bond donors (Lipinski definition) is 2. The van der Waals surface area contributed by atoms with Crippen molar-refractivity contribution in [2.45, 2.75) is 52.1 Å². The van der Waals surface area contributed by atoms with Crippen molar-refractivity contribution in [3.63, 3.8) is 0 Å². The monoisotopic (exact) mass is 547 g/mol. The van der Waals surface area contributed by atoms with Crippen molar-refractivity contribution in [2.24, 2.45) is 5.92 Å². The van der Waals surface area contributed by atoms with E-state index in [1.165, 1.54) is 16.9 Å². The first-order valence-electron chi connectivity index (χ1n) is 12.7. The van der Waals surface area contributed by atoms with Gasteiger partial charge in [0.05, 0.1) is 11.1 Å². The number of carbonyl (C=O) groups is 2. The lowest BCUT2D eigenvalue weighted by atomic mass is 10.0. The van der Waals surface area contributed by atoms with Crippen LogP contribution in [-0.4, -0.2) is 39.0 Å². The molecule has 5 rings (SSSR count). The zero-order valence-corrected chi connectivity index (χ0v) is 23.3. The molecule has 0 spiro atoms. The van der Waals surface area contributed by atoms with E-state index in [9.17, 15) is 14.7 Å². The third kappa shape index (κ3) is 5.00. The Morgan fingerprint density at radius 3 is 2.53 bits per heavy atom. The van der Waals surface area contributed by atoms with Crippen LogP contribution in [0.1, 0.15) is 60.3 Å². The van der Waals surface area contributed by atoms with Crippen molar-refractivity contribution in [2.75, 3.05) is 5.32 Å². The minimum atomic E-state index is -0.892. The number of benzene rings is 2. The Morgan fingerprint density at radius 2 is 1.92 bits per heavy atom. The van der Waals surface area contributed by atoms with Crippen LogP contribution in [-0.2, 0) is 4.79 Å². The third-order valence-electron chi connectivity index (χ3n) is 7.50. The topological polar surface area (TPSA) is 82.5 Å². The Hall–Kier alpha value is -3.42. The van der Waals surface area contributed by atoms with Gasteiger partial charge in [-0.1, -0.05) is 36.7 Å². The van der Waals surface area contributed by atoms with E-state index in [1.54, 1.807) is 10.9 Å². The number of allylic oxidation sites excluding steroid dienone is 2. The molecule has 3 aromatic rings. The zero-order chi connectivity index (χ0) is 27.1. The Balaban J connectivity index is 1.40. The summed E-state index contributed by atoms with van der Waals surface area (Å²) in [5.74, 6) is -0.447. The molecule has 38 heavy (non-hydrogen) atoms. The summed E-state index contributed by atoms with van der Waals surface area (Å²) >= 11 is 7.57. The number of hydrogen-bond acceptors (Lipinski definition) is 5. The van der Waals surface area contributed by atoms with Crippen molar-refractivity contribution in [1.82, 2.24) is 9.88 Å². The number of nitrogens with one attached hydrogen (secondary N) is 1. The van der Waals surface area contributed by atoms with Gasteiger partial charge in [0.2, 0.25) is 0 Å². The Kier molecular flexibility index (Phi) is 7.16. The van der Waals surface area contributed by atoms with Gasteiger partial charge in [0.1, 0.15) is 5.69 Å². The molecule has 1 fully saturated rings. The summed E-state index contributed by atoms with van der Waals surface area (Å²) in [6.45, 7) is 8.56. The number of carboxylic acid groups (broad SMARTS) is 1. The second-order valence-corrected chi connectivity index (χ2v) is 11.5. The molecule has 2 aromatic carbocycles. The summed E-state index contributed by atoms with van der Waals surface area (Å²) in [6, 6.07) is 13.9. The van der Waals surface area contributed by atoms with E-state index in [4.69, 9.17) is 11.6 Å². The molecule has 1 amide bonds. The quantitative estimate of drug-likeness (QED) is 0.317. The second kappa shape index (κ2) is 10.4. The highest BCUT2D eigenvalue weighted by Crippen LogP contribution is 2.54. The summed E-state index contributed by atoms with van der Waals surface area (Å²) in [5.41, 5.74) is 8.19. The summed E-state index contributed by atoms with van der Waals surface area (Å²) in [7, 11) is 0. The van der Waals surface area contributed by atoms with Gasteiger partial charge in [0.25, 0.3) is 5.91 Å². The van der Waals surface area contributed by atoms with Gasteiger partial charge in [0, 0.05) is 46.2 Å². The maximum atomic E-state index is 12.4. The van der Waals surface area contributed by atoms with E-state index < -0.39 is 5.97 Å². The van der Waals surface area contributed by atoms with E-state index >= 15 is 0 Å². The van der Waals surface area contributed by atoms with E-state index in [0.717, 1.165) is 27.4 Å². The van der Waals surface area contributed by atoms with Crippen molar-refractivity contribution in [3.05, 3.63) is 98.1 Å². The van der Waals surface area contributed by atoms with E-state index in [1.807, 2.05) is 42.5 Å². The lowest BCUT2D eigenvalue weighted by molar-refractivity contribution is -0.132. The summed E-state index contributed by atoms with van der Waals surface area (Å²) in [4.78, 5) is 31.0. The number of aliphatic carboxylic acids is 1. The van der Waals surface area contributed by atoms with E-state index in [-0.39, 0.29) is 18.0 Å². The van der Waals surface area contributed by atoms with Crippen LogP contribution >= 0.6 is 22.9 Å². The number of anilines is 1. The number of aryl methyl sites for hydroxylation is 1. The van der Waals surface area contributed by atoms with Crippen LogP contribution in [0.15, 0.2) is 70.7 Å². The number of carboxylic acids is 1. The average molecular weight is 548 g/mol. The number of aromatic nitrogens is 1. The predicted octanol–water partition coefficient (Wildman–Crippen LogP) is 7.00.